The van der Waals surface area contributed by atoms with Crippen LogP contribution in [0.4, 0.5) is 5.69 Å². The first-order valence-corrected chi connectivity index (χ1v) is 8.45. The third-order valence-electron chi connectivity index (χ3n) is 3.18. The predicted molar refractivity (Wildman–Crippen MR) is 77.0 cm³/mol. The van der Waals surface area contributed by atoms with Gasteiger partial charge in [0.25, 0.3) is 0 Å². The Bertz CT molecular complexity index is 761. The second-order valence-electron chi connectivity index (χ2n) is 4.55. The number of likely N-dealkylation sites (N-methyl/N-ethyl adjacent to an activating group) is 1. The van der Waals surface area contributed by atoms with Crippen LogP contribution in [-0.4, -0.2) is 32.9 Å². The summed E-state index contributed by atoms with van der Waals surface area (Å²) in [6.07, 6.45) is -0.392. The molecule has 0 aliphatic carbocycles. The van der Waals surface area contributed by atoms with Crippen molar-refractivity contribution in [2.75, 3.05) is 18.6 Å². The average Bonchev–Trinajstić information content (AvgIpc) is 2.93. The van der Waals surface area contributed by atoms with E-state index in [4.69, 9.17) is 9.47 Å². The van der Waals surface area contributed by atoms with Crippen molar-refractivity contribution in [1.29, 1.82) is 0 Å². The second-order valence-corrected chi connectivity index (χ2v) is 6.67. The third kappa shape index (κ3) is 3.42. The molecule has 0 spiro atoms. The van der Waals surface area contributed by atoms with E-state index >= 15 is 0 Å². The Morgan fingerprint density at radius 2 is 2.05 bits per heavy atom. The topological polar surface area (TPSA) is 78.9 Å². The summed E-state index contributed by atoms with van der Waals surface area (Å²) in [5, 5.41) is 3.70. The molecule has 1 atom stereocenters. The van der Waals surface area contributed by atoms with Gasteiger partial charge in [0.1, 0.15) is 16.7 Å². The van der Waals surface area contributed by atoms with E-state index in [0.717, 1.165) is 0 Å². The fourth-order valence-electron chi connectivity index (χ4n) is 2.02. The van der Waals surface area contributed by atoms with Gasteiger partial charge in [0.15, 0.2) is 11.5 Å². The van der Waals surface area contributed by atoms with Gasteiger partial charge in [-0.25, -0.2) is 8.42 Å². The molecule has 9 heteroatoms. The van der Waals surface area contributed by atoms with E-state index in [2.05, 4.69) is 0 Å². The Morgan fingerprint density at radius 1 is 1.32 bits per heavy atom. The van der Waals surface area contributed by atoms with Crippen LogP contribution >= 0.6 is 11.3 Å². The maximum Gasteiger partial charge on any atom is 1.00 e. The average molecular weight is 333 g/mol. The zero-order valence-electron chi connectivity index (χ0n) is 12.1. The Balaban J connectivity index is 0.00000176. The molecule has 6 nitrogen and oxygen atoms in total. The summed E-state index contributed by atoms with van der Waals surface area (Å²) in [6, 6.07) is 5.83. The Hall–Kier alpha value is -1.17. The summed E-state index contributed by atoms with van der Waals surface area (Å²) >= 11 is 1.48. The molecule has 0 radical (unpaired) electrons. The monoisotopic (exact) mass is 333 g/mol. The van der Waals surface area contributed by atoms with Gasteiger partial charge in [-0.3, -0.25) is 0 Å². The van der Waals surface area contributed by atoms with Crippen LogP contribution in [0.1, 0.15) is 0 Å². The van der Waals surface area contributed by atoms with Crippen molar-refractivity contribution in [2.45, 2.75) is 11.1 Å². The van der Waals surface area contributed by atoms with Crippen LogP contribution in [0.25, 0.3) is 0 Å². The van der Waals surface area contributed by atoms with Crippen molar-refractivity contribution in [3.8, 4) is 11.5 Å². The van der Waals surface area contributed by atoms with Crippen LogP contribution in [0.5, 0.6) is 11.5 Å². The fraction of sp³-hybridized carbons (Fsp3) is 0.231. The van der Waals surface area contributed by atoms with E-state index in [9.17, 15) is 13.0 Å². The van der Waals surface area contributed by atoms with Crippen LogP contribution in [0.15, 0.2) is 39.9 Å². The maximum atomic E-state index is 11.1. The molecular formula is C13H12LiNO5S2. The maximum absolute atomic E-state index is 11.1. The van der Waals surface area contributed by atoms with Gasteiger partial charge in [0.05, 0.1) is 4.90 Å². The van der Waals surface area contributed by atoms with Crippen molar-refractivity contribution >= 4 is 27.1 Å². The quantitative estimate of drug-likeness (QED) is 0.524. The summed E-state index contributed by atoms with van der Waals surface area (Å²) in [5.74, 6) is 1.37. The number of benzene rings is 1. The zero-order valence-corrected chi connectivity index (χ0v) is 13.7. The first-order valence-electron chi connectivity index (χ1n) is 6.09. The van der Waals surface area contributed by atoms with Crippen molar-refractivity contribution in [1.82, 2.24) is 0 Å². The molecule has 0 saturated heterocycles. The molecule has 0 amide bonds. The molecule has 1 aliphatic rings. The van der Waals surface area contributed by atoms with E-state index in [0.29, 0.717) is 23.8 Å². The first-order chi connectivity index (χ1) is 9.95. The van der Waals surface area contributed by atoms with Crippen LogP contribution in [-0.2, 0) is 10.1 Å². The summed E-state index contributed by atoms with van der Waals surface area (Å²) in [5.41, 5.74) is 0.569. The van der Waals surface area contributed by atoms with E-state index in [-0.39, 0.29) is 23.8 Å². The molecule has 2 aromatic rings. The molecule has 0 bridgehead atoms. The second kappa shape index (κ2) is 6.52. The molecular weight excluding hydrogens is 321 g/mol. The van der Waals surface area contributed by atoms with Gasteiger partial charge >= 0.3 is 18.9 Å². The summed E-state index contributed by atoms with van der Waals surface area (Å²) in [4.78, 5) is 1.47. The minimum Gasteiger partial charge on any atom is -0.744 e. The van der Waals surface area contributed by atoms with E-state index in [1.165, 1.54) is 29.5 Å². The zero-order chi connectivity index (χ0) is 15.0. The van der Waals surface area contributed by atoms with E-state index in [1.54, 1.807) is 18.0 Å². The fourth-order valence-corrected chi connectivity index (χ4v) is 3.20. The summed E-state index contributed by atoms with van der Waals surface area (Å²) < 4.78 is 44.6. The third-order valence-corrected chi connectivity index (χ3v) is 4.71. The van der Waals surface area contributed by atoms with Crippen molar-refractivity contribution in [3.05, 3.63) is 35.0 Å². The molecule has 1 aliphatic heterocycles. The van der Waals surface area contributed by atoms with Crippen molar-refractivity contribution in [2.24, 2.45) is 0 Å². The Kier molecular flexibility index (Phi) is 5.09. The van der Waals surface area contributed by atoms with Crippen LogP contribution in [0.2, 0.25) is 0 Å². The number of rotatable bonds is 3. The number of hydrogen-bond donors (Lipinski definition) is 0. The largest absolute Gasteiger partial charge is 1.00 e. The van der Waals surface area contributed by atoms with Crippen molar-refractivity contribution < 1.29 is 41.3 Å². The Labute approximate surface area is 144 Å². The molecule has 3 rings (SSSR count). The van der Waals surface area contributed by atoms with Gasteiger partial charge in [0, 0.05) is 23.5 Å². The molecule has 0 saturated carbocycles. The van der Waals surface area contributed by atoms with Gasteiger partial charge in [-0.15, -0.1) is 11.3 Å². The number of ether oxygens (including phenoxy) is 2. The summed E-state index contributed by atoms with van der Waals surface area (Å²) in [7, 11) is -2.72. The minimum absolute atomic E-state index is 0. The van der Waals surface area contributed by atoms with Gasteiger partial charge in [-0.2, -0.15) is 0 Å². The number of nitrogens with zero attached hydrogens (tertiary/aromatic N) is 1. The first kappa shape index (κ1) is 17.2. The van der Waals surface area contributed by atoms with Gasteiger partial charge in [-0.05, 0) is 18.2 Å². The van der Waals surface area contributed by atoms with Crippen molar-refractivity contribution in [3.63, 3.8) is 0 Å². The molecule has 0 N–H and O–H groups in total. The smallest absolute Gasteiger partial charge is 0.744 e. The molecule has 1 aromatic heterocycles. The molecule has 22 heavy (non-hydrogen) atoms. The number of fused-ring (bicyclic) bond motifs is 1. The Morgan fingerprint density at radius 3 is 2.77 bits per heavy atom. The normalized spacial score (nSPS) is 16.7. The summed E-state index contributed by atoms with van der Waals surface area (Å²) in [6.45, 7) is 0.314. The van der Waals surface area contributed by atoms with E-state index < -0.39 is 16.3 Å². The standard InChI is InChI=1S/C13H13NO5S2.Li/c1-14(9-3-2-4-10(5-9)21(15,16)17)13-6-18-11-7-20-8-12(11)19-13;/h2-5,7-8,13H,6H2,1H3,(H,15,16,17);/q;+1/p-1. The molecule has 112 valence electrons. The molecule has 0 fully saturated rings. The van der Waals surface area contributed by atoms with E-state index in [1.807, 2.05) is 10.8 Å². The number of thiophene rings is 1. The SMILES string of the molecule is CN(c1cccc(S(=O)(=O)[O-])c1)C1COc2cscc2O1.[Li+]. The van der Waals surface area contributed by atoms with Crippen LogP contribution in [0.3, 0.4) is 0 Å². The number of hydrogen-bond acceptors (Lipinski definition) is 7. The molecule has 1 unspecified atom stereocenters. The van der Waals surface area contributed by atoms with Crippen LogP contribution in [0, 0.1) is 0 Å². The van der Waals surface area contributed by atoms with Gasteiger partial charge in [-0.1, -0.05) is 6.07 Å². The van der Waals surface area contributed by atoms with Crippen LogP contribution < -0.4 is 33.2 Å². The van der Waals surface area contributed by atoms with Gasteiger partial charge in [0.2, 0.25) is 6.23 Å². The number of anilines is 1. The van der Waals surface area contributed by atoms with Gasteiger partial charge < -0.3 is 18.9 Å². The minimum atomic E-state index is -4.48. The predicted octanol–water partition coefficient (Wildman–Crippen LogP) is -1.11. The molecule has 2 heterocycles. The molecule has 1 aromatic carbocycles.